The van der Waals surface area contributed by atoms with Crippen LogP contribution in [0.4, 0.5) is 4.79 Å². The van der Waals surface area contributed by atoms with Crippen molar-refractivity contribution in [1.29, 1.82) is 0 Å². The number of carbonyl (C=O) groups is 1. The van der Waals surface area contributed by atoms with Crippen LogP contribution in [0.25, 0.3) is 0 Å². The smallest absolute Gasteiger partial charge is 0.392 e. The molecule has 0 unspecified atom stereocenters. The van der Waals surface area contributed by atoms with E-state index >= 15 is 0 Å². The van der Waals surface area contributed by atoms with Crippen molar-refractivity contribution in [2.75, 3.05) is 7.05 Å². The lowest BCUT2D eigenvalue weighted by Gasteiger charge is -1.92. The molecule has 0 aliphatic carbocycles. The second-order valence-corrected chi connectivity index (χ2v) is 2.48. The predicted molar refractivity (Wildman–Crippen MR) is 44.6 cm³/mol. The quantitative estimate of drug-likeness (QED) is 0.702. The van der Waals surface area contributed by atoms with Crippen LogP contribution in [0.1, 0.15) is 19.2 Å². The van der Waals surface area contributed by atoms with Crippen molar-refractivity contribution >= 4 is 6.03 Å². The summed E-state index contributed by atoms with van der Waals surface area (Å²) < 4.78 is 5.39. The molecule has 13 heavy (non-hydrogen) atoms. The normalized spacial score (nSPS) is 10.0. The maximum Gasteiger partial charge on any atom is 0.446 e. The molecule has 1 aromatic heterocycles. The molecule has 6 nitrogen and oxygen atoms in total. The van der Waals surface area contributed by atoms with E-state index in [0.717, 1.165) is 6.42 Å². The van der Waals surface area contributed by atoms with Crippen LogP contribution in [0.3, 0.4) is 0 Å². The Morgan fingerprint density at radius 2 is 2.38 bits per heavy atom. The first-order valence-electron chi connectivity index (χ1n) is 4.00. The Morgan fingerprint density at radius 3 is 2.92 bits per heavy atom. The van der Waals surface area contributed by atoms with Crippen LogP contribution in [0.15, 0.2) is 9.21 Å². The molecule has 1 N–H and O–H groups in total. The molecule has 6 heteroatoms. The van der Waals surface area contributed by atoms with Crippen molar-refractivity contribution in [3.8, 4) is 0 Å². The Bertz CT molecular complexity index is 352. The van der Waals surface area contributed by atoms with Crippen molar-refractivity contribution in [3.63, 3.8) is 0 Å². The van der Waals surface area contributed by atoms with Gasteiger partial charge in [0, 0.05) is 13.5 Å². The Kier molecular flexibility index (Phi) is 2.84. The monoisotopic (exact) mass is 185 g/mol. The Balaban J connectivity index is 2.96. The minimum atomic E-state index is -0.747. The first-order chi connectivity index (χ1) is 6.19. The van der Waals surface area contributed by atoms with Gasteiger partial charge in [-0.15, -0.1) is 9.78 Å². The minimum absolute atomic E-state index is 0.288. The molecular formula is C7H11N3O3. The molecule has 0 fully saturated rings. The number of rotatable bonds is 2. The molecule has 0 saturated heterocycles. The second kappa shape index (κ2) is 3.88. The number of hydrogen-bond acceptors (Lipinski definition) is 4. The van der Waals surface area contributed by atoms with Gasteiger partial charge in [0.2, 0.25) is 5.89 Å². The van der Waals surface area contributed by atoms with Crippen molar-refractivity contribution in [3.05, 3.63) is 16.4 Å². The Morgan fingerprint density at radius 1 is 1.69 bits per heavy atom. The summed E-state index contributed by atoms with van der Waals surface area (Å²) >= 11 is 0. The van der Waals surface area contributed by atoms with Crippen LogP contribution in [-0.2, 0) is 6.42 Å². The van der Waals surface area contributed by atoms with E-state index in [0.29, 0.717) is 11.1 Å². The van der Waals surface area contributed by atoms with Gasteiger partial charge in [-0.25, -0.2) is 9.59 Å². The average Bonchev–Trinajstić information content (AvgIpc) is 2.46. The van der Waals surface area contributed by atoms with Crippen LogP contribution >= 0.6 is 0 Å². The number of aryl methyl sites for hydroxylation is 1. The maximum atomic E-state index is 11.0. The lowest BCUT2D eigenvalue weighted by molar-refractivity contribution is 0.239. The molecule has 0 aromatic carbocycles. The van der Waals surface area contributed by atoms with Gasteiger partial charge in [-0.05, 0) is 6.42 Å². The number of hydrogen-bond donors (Lipinski definition) is 1. The summed E-state index contributed by atoms with van der Waals surface area (Å²) in [5.74, 6) is -0.459. The minimum Gasteiger partial charge on any atom is -0.392 e. The zero-order chi connectivity index (χ0) is 9.84. The number of aromatic nitrogens is 2. The van der Waals surface area contributed by atoms with Crippen LogP contribution in [0, 0.1) is 0 Å². The van der Waals surface area contributed by atoms with Gasteiger partial charge in [0.15, 0.2) is 0 Å². The van der Waals surface area contributed by atoms with Gasteiger partial charge in [0.05, 0.1) is 0 Å². The maximum absolute atomic E-state index is 11.0. The summed E-state index contributed by atoms with van der Waals surface area (Å²) in [5.41, 5.74) is 0. The van der Waals surface area contributed by atoms with E-state index in [-0.39, 0.29) is 5.89 Å². The zero-order valence-electron chi connectivity index (χ0n) is 7.53. The summed E-state index contributed by atoms with van der Waals surface area (Å²) in [6.45, 7) is 1.93. The van der Waals surface area contributed by atoms with E-state index in [4.69, 9.17) is 4.42 Å². The van der Waals surface area contributed by atoms with Gasteiger partial charge in [-0.2, -0.15) is 0 Å². The highest BCUT2D eigenvalue weighted by Crippen LogP contribution is 1.94. The van der Waals surface area contributed by atoms with Gasteiger partial charge in [-0.3, -0.25) is 0 Å². The Hall–Kier alpha value is -1.59. The van der Waals surface area contributed by atoms with Crippen LogP contribution in [0.2, 0.25) is 0 Å². The van der Waals surface area contributed by atoms with E-state index < -0.39 is 11.8 Å². The van der Waals surface area contributed by atoms with Gasteiger partial charge in [0.1, 0.15) is 0 Å². The van der Waals surface area contributed by atoms with E-state index in [1.54, 1.807) is 0 Å². The molecular weight excluding hydrogens is 174 g/mol. The molecule has 0 spiro atoms. The SMILES string of the molecule is CCCc1nn(C(=O)NC)c(=O)o1. The standard InChI is InChI=1S/C7H11N3O3/c1-3-4-5-9-10(6(11)8-2)7(12)13-5/h3-4H2,1-2H3,(H,8,11). The topological polar surface area (TPSA) is 77.1 Å². The third-order valence-electron chi connectivity index (χ3n) is 1.46. The van der Waals surface area contributed by atoms with Gasteiger partial charge in [0.25, 0.3) is 0 Å². The van der Waals surface area contributed by atoms with Crippen LogP contribution in [0.5, 0.6) is 0 Å². The fourth-order valence-electron chi connectivity index (χ4n) is 0.866. The van der Waals surface area contributed by atoms with Gasteiger partial charge in [-0.1, -0.05) is 6.92 Å². The summed E-state index contributed by atoms with van der Waals surface area (Å²) in [5, 5.41) is 5.97. The lowest BCUT2D eigenvalue weighted by atomic mass is 10.3. The van der Waals surface area contributed by atoms with E-state index in [1.807, 2.05) is 6.92 Å². The number of amides is 1. The third-order valence-corrected chi connectivity index (χ3v) is 1.46. The predicted octanol–water partition coefficient (Wildman–Crippen LogP) is -0.0237. The second-order valence-electron chi connectivity index (χ2n) is 2.48. The van der Waals surface area contributed by atoms with Crippen molar-refractivity contribution in [1.82, 2.24) is 15.1 Å². The fraction of sp³-hybridized carbons (Fsp3) is 0.571. The first kappa shape index (κ1) is 9.50. The number of nitrogens with one attached hydrogen (secondary N) is 1. The molecule has 72 valence electrons. The first-order valence-corrected chi connectivity index (χ1v) is 4.00. The summed E-state index contributed by atoms with van der Waals surface area (Å²) in [6.07, 6.45) is 1.37. The molecule has 0 bridgehead atoms. The van der Waals surface area contributed by atoms with E-state index in [9.17, 15) is 9.59 Å². The zero-order valence-corrected chi connectivity index (χ0v) is 7.53. The van der Waals surface area contributed by atoms with Crippen LogP contribution < -0.4 is 11.1 Å². The highest BCUT2D eigenvalue weighted by atomic mass is 16.4. The molecule has 1 aromatic rings. The summed E-state index contributed by atoms with van der Waals surface area (Å²) in [4.78, 5) is 22.0. The van der Waals surface area contributed by atoms with Crippen molar-refractivity contribution in [2.24, 2.45) is 0 Å². The van der Waals surface area contributed by atoms with Gasteiger partial charge < -0.3 is 9.73 Å². The number of carbonyl (C=O) groups excluding carboxylic acids is 1. The number of nitrogens with zero attached hydrogens (tertiary/aromatic N) is 2. The highest BCUT2D eigenvalue weighted by Gasteiger charge is 2.12. The molecule has 0 saturated carbocycles. The summed E-state index contributed by atoms with van der Waals surface area (Å²) in [7, 11) is 1.42. The molecule has 0 radical (unpaired) electrons. The molecule has 0 aliphatic rings. The Labute approximate surface area is 74.5 Å². The highest BCUT2D eigenvalue weighted by molar-refractivity contribution is 5.74. The van der Waals surface area contributed by atoms with E-state index in [1.165, 1.54) is 7.05 Å². The molecule has 1 amide bonds. The van der Waals surface area contributed by atoms with Crippen LogP contribution in [-0.4, -0.2) is 22.9 Å². The summed E-state index contributed by atoms with van der Waals surface area (Å²) in [6, 6.07) is -0.587. The average molecular weight is 185 g/mol. The van der Waals surface area contributed by atoms with Gasteiger partial charge >= 0.3 is 11.8 Å². The molecule has 1 rings (SSSR count). The fourth-order valence-corrected chi connectivity index (χ4v) is 0.866. The molecule has 1 heterocycles. The largest absolute Gasteiger partial charge is 0.446 e. The van der Waals surface area contributed by atoms with E-state index in [2.05, 4.69) is 10.4 Å². The molecule has 0 aliphatic heterocycles. The van der Waals surface area contributed by atoms with Crippen molar-refractivity contribution < 1.29 is 9.21 Å². The lowest BCUT2D eigenvalue weighted by Crippen LogP contribution is -2.32. The third kappa shape index (κ3) is 1.95. The molecule has 0 atom stereocenters. The van der Waals surface area contributed by atoms with Crippen molar-refractivity contribution in [2.45, 2.75) is 19.8 Å².